The fourth-order valence-electron chi connectivity index (χ4n) is 3.22. The number of aliphatic hydroxyl groups excluding tert-OH is 1. The third kappa shape index (κ3) is 3.46. The monoisotopic (exact) mass is 374 g/mol. The van der Waals surface area contributed by atoms with Gasteiger partial charge >= 0.3 is 0 Å². The first-order valence-corrected chi connectivity index (χ1v) is 9.35. The summed E-state index contributed by atoms with van der Waals surface area (Å²) in [6.07, 6.45) is 0.812. The molecule has 2 aromatic carbocycles. The number of H-pyrrole nitrogens is 1. The fourth-order valence-corrected chi connectivity index (χ4v) is 3.22. The van der Waals surface area contributed by atoms with Crippen LogP contribution < -0.4 is 4.74 Å². The lowest BCUT2D eigenvalue weighted by molar-refractivity contribution is 0.202. The average molecular weight is 374 g/mol. The zero-order chi connectivity index (χ0) is 19.5. The lowest BCUT2D eigenvalue weighted by atomic mass is 10.0. The van der Waals surface area contributed by atoms with E-state index in [0.29, 0.717) is 11.6 Å². The number of nitrogens with zero attached hydrogens (tertiary/aromatic N) is 3. The van der Waals surface area contributed by atoms with Gasteiger partial charge in [-0.05, 0) is 36.8 Å². The molecule has 0 atom stereocenters. The minimum absolute atomic E-state index is 0.0295. The Morgan fingerprint density at radius 2 is 1.93 bits per heavy atom. The number of para-hydroxylation sites is 1. The van der Waals surface area contributed by atoms with Gasteiger partial charge in [0.15, 0.2) is 5.82 Å². The van der Waals surface area contributed by atoms with E-state index < -0.39 is 0 Å². The first-order chi connectivity index (χ1) is 13.7. The van der Waals surface area contributed by atoms with Crippen molar-refractivity contribution >= 4 is 10.9 Å². The number of ether oxygens (including phenoxy) is 1. The molecule has 0 amide bonds. The SMILES string of the molecule is CCc1nc(-c2ccc3c(C)cc(-c4ccccc4OCCO)nc3c2)n[nH]1. The van der Waals surface area contributed by atoms with Crippen LogP contribution >= 0.6 is 0 Å². The van der Waals surface area contributed by atoms with Crippen molar-refractivity contribution in [2.45, 2.75) is 20.3 Å². The maximum atomic E-state index is 9.08. The van der Waals surface area contributed by atoms with Crippen LogP contribution in [-0.2, 0) is 6.42 Å². The summed E-state index contributed by atoms with van der Waals surface area (Å²) in [5.74, 6) is 2.25. The number of hydrogen-bond acceptors (Lipinski definition) is 5. The number of aryl methyl sites for hydroxylation is 2. The van der Waals surface area contributed by atoms with Gasteiger partial charge in [0.05, 0.1) is 17.8 Å². The number of aromatic amines is 1. The molecule has 4 rings (SSSR count). The number of fused-ring (bicyclic) bond motifs is 1. The first-order valence-electron chi connectivity index (χ1n) is 9.35. The molecular formula is C22H22N4O2. The van der Waals surface area contributed by atoms with Gasteiger partial charge in [-0.15, -0.1) is 0 Å². The van der Waals surface area contributed by atoms with E-state index in [-0.39, 0.29) is 13.2 Å². The van der Waals surface area contributed by atoms with E-state index in [0.717, 1.165) is 45.5 Å². The third-order valence-corrected chi connectivity index (χ3v) is 4.65. The molecular weight excluding hydrogens is 352 g/mol. The molecule has 6 nitrogen and oxygen atoms in total. The third-order valence-electron chi connectivity index (χ3n) is 4.65. The summed E-state index contributed by atoms with van der Waals surface area (Å²) in [5, 5.41) is 17.4. The van der Waals surface area contributed by atoms with Crippen molar-refractivity contribution < 1.29 is 9.84 Å². The van der Waals surface area contributed by atoms with Crippen LogP contribution in [0.4, 0.5) is 0 Å². The van der Waals surface area contributed by atoms with Crippen molar-refractivity contribution in [3.05, 3.63) is 59.9 Å². The molecule has 0 unspecified atom stereocenters. The molecule has 4 aromatic rings. The summed E-state index contributed by atoms with van der Waals surface area (Å²) >= 11 is 0. The van der Waals surface area contributed by atoms with Crippen molar-refractivity contribution in [1.29, 1.82) is 0 Å². The fraction of sp³-hybridized carbons (Fsp3) is 0.227. The smallest absolute Gasteiger partial charge is 0.181 e. The van der Waals surface area contributed by atoms with Crippen molar-refractivity contribution in [2.75, 3.05) is 13.2 Å². The predicted molar refractivity (Wildman–Crippen MR) is 109 cm³/mol. The maximum Gasteiger partial charge on any atom is 0.181 e. The van der Waals surface area contributed by atoms with Crippen LogP contribution in [0.5, 0.6) is 5.75 Å². The Labute approximate surface area is 163 Å². The lowest BCUT2D eigenvalue weighted by Crippen LogP contribution is -2.03. The van der Waals surface area contributed by atoms with E-state index in [2.05, 4.69) is 34.2 Å². The largest absolute Gasteiger partial charge is 0.490 e. The molecule has 0 saturated carbocycles. The summed E-state index contributed by atoms with van der Waals surface area (Å²) in [6.45, 7) is 4.33. The van der Waals surface area contributed by atoms with E-state index in [1.165, 1.54) is 0 Å². The molecule has 28 heavy (non-hydrogen) atoms. The zero-order valence-corrected chi connectivity index (χ0v) is 15.9. The van der Waals surface area contributed by atoms with Crippen LogP contribution in [0.3, 0.4) is 0 Å². The number of hydrogen-bond donors (Lipinski definition) is 2. The van der Waals surface area contributed by atoms with Crippen LogP contribution in [0.25, 0.3) is 33.5 Å². The Morgan fingerprint density at radius 3 is 2.71 bits per heavy atom. The Morgan fingerprint density at radius 1 is 1.07 bits per heavy atom. The Hall–Kier alpha value is -3.25. The number of nitrogens with one attached hydrogen (secondary N) is 1. The maximum absolute atomic E-state index is 9.08. The quantitative estimate of drug-likeness (QED) is 0.534. The normalized spacial score (nSPS) is 11.1. The second-order valence-corrected chi connectivity index (χ2v) is 6.58. The minimum atomic E-state index is -0.0295. The standard InChI is InChI=1S/C22H22N4O2/c1-3-21-24-22(26-25-21)15-8-9-16-14(2)12-18(23-19(16)13-15)17-6-4-5-7-20(17)28-11-10-27/h4-9,12-13,27H,3,10-11H2,1-2H3,(H,24,25,26). The summed E-state index contributed by atoms with van der Waals surface area (Å²) in [7, 11) is 0. The molecule has 0 aliphatic carbocycles. The van der Waals surface area contributed by atoms with Crippen molar-refractivity contribution in [3.63, 3.8) is 0 Å². The Balaban J connectivity index is 1.81. The highest BCUT2D eigenvalue weighted by atomic mass is 16.5. The number of aliphatic hydroxyl groups is 1. The highest BCUT2D eigenvalue weighted by molar-refractivity contribution is 5.88. The first kappa shape index (κ1) is 18.1. The van der Waals surface area contributed by atoms with E-state index in [4.69, 9.17) is 14.8 Å². The molecule has 0 spiro atoms. The van der Waals surface area contributed by atoms with Crippen molar-refractivity contribution in [1.82, 2.24) is 20.2 Å². The predicted octanol–water partition coefficient (Wildman–Crippen LogP) is 3.93. The van der Waals surface area contributed by atoms with Gasteiger partial charge < -0.3 is 9.84 Å². The van der Waals surface area contributed by atoms with Gasteiger partial charge in [-0.2, -0.15) is 5.10 Å². The molecule has 0 radical (unpaired) electrons. The van der Waals surface area contributed by atoms with Gasteiger partial charge in [0.25, 0.3) is 0 Å². The number of benzene rings is 2. The minimum Gasteiger partial charge on any atom is -0.490 e. The van der Waals surface area contributed by atoms with Crippen molar-refractivity contribution in [3.8, 4) is 28.4 Å². The molecule has 142 valence electrons. The average Bonchev–Trinajstić information content (AvgIpc) is 3.21. The van der Waals surface area contributed by atoms with Crippen LogP contribution in [0.2, 0.25) is 0 Å². The topological polar surface area (TPSA) is 83.9 Å². The molecule has 0 fully saturated rings. The van der Waals surface area contributed by atoms with Gasteiger partial charge in [0.2, 0.25) is 0 Å². The Kier molecular flexibility index (Phi) is 5.04. The van der Waals surface area contributed by atoms with Gasteiger partial charge in [-0.25, -0.2) is 9.97 Å². The van der Waals surface area contributed by atoms with Crippen LogP contribution in [0.1, 0.15) is 18.3 Å². The molecule has 0 bridgehead atoms. The summed E-state index contributed by atoms with van der Waals surface area (Å²) < 4.78 is 5.69. The zero-order valence-electron chi connectivity index (χ0n) is 15.9. The molecule has 6 heteroatoms. The number of pyridine rings is 1. The van der Waals surface area contributed by atoms with Crippen molar-refractivity contribution in [2.24, 2.45) is 0 Å². The highest BCUT2D eigenvalue weighted by Gasteiger charge is 2.12. The van der Waals surface area contributed by atoms with Gasteiger partial charge in [-0.1, -0.05) is 31.2 Å². The summed E-state index contributed by atoms with van der Waals surface area (Å²) in [6, 6.07) is 15.9. The van der Waals surface area contributed by atoms with E-state index in [9.17, 15) is 0 Å². The number of rotatable bonds is 6. The van der Waals surface area contributed by atoms with E-state index >= 15 is 0 Å². The van der Waals surface area contributed by atoms with Gasteiger partial charge in [0.1, 0.15) is 18.2 Å². The molecule has 0 aliphatic rings. The molecule has 2 N–H and O–H groups in total. The van der Waals surface area contributed by atoms with Gasteiger partial charge in [-0.3, -0.25) is 5.10 Å². The number of aromatic nitrogens is 4. The second-order valence-electron chi connectivity index (χ2n) is 6.58. The molecule has 0 saturated heterocycles. The Bertz CT molecular complexity index is 1120. The molecule has 2 aromatic heterocycles. The van der Waals surface area contributed by atoms with E-state index in [1.807, 2.05) is 43.3 Å². The van der Waals surface area contributed by atoms with E-state index in [1.54, 1.807) is 0 Å². The van der Waals surface area contributed by atoms with Crippen LogP contribution in [-0.4, -0.2) is 38.5 Å². The highest BCUT2D eigenvalue weighted by Crippen LogP contribution is 2.32. The van der Waals surface area contributed by atoms with Crippen LogP contribution in [0, 0.1) is 6.92 Å². The lowest BCUT2D eigenvalue weighted by Gasteiger charge is -2.12. The summed E-state index contributed by atoms with van der Waals surface area (Å²) in [5.41, 5.74) is 4.68. The molecule has 0 aliphatic heterocycles. The van der Waals surface area contributed by atoms with Gasteiger partial charge in [0, 0.05) is 22.9 Å². The second kappa shape index (κ2) is 7.78. The van der Waals surface area contributed by atoms with Crippen LogP contribution in [0.15, 0.2) is 48.5 Å². The summed E-state index contributed by atoms with van der Waals surface area (Å²) in [4.78, 5) is 9.40. The molecule has 2 heterocycles.